The average Bonchev–Trinajstić information content (AvgIpc) is 3.31. The first-order valence-electron chi connectivity index (χ1n) is 16.9. The topological polar surface area (TPSA) is 23.5 Å². The van der Waals surface area contributed by atoms with Crippen LogP contribution in [0.25, 0.3) is 0 Å². The summed E-state index contributed by atoms with van der Waals surface area (Å²) in [6.45, 7) is 11.1. The van der Waals surface area contributed by atoms with Gasteiger partial charge >= 0.3 is 0 Å². The van der Waals surface area contributed by atoms with E-state index >= 15 is 0 Å². The van der Waals surface area contributed by atoms with Crippen LogP contribution in [0.1, 0.15) is 103 Å². The van der Waals surface area contributed by atoms with Gasteiger partial charge in [-0.1, -0.05) is 94.3 Å². The zero-order valence-corrected chi connectivity index (χ0v) is 25.6. The third-order valence-corrected chi connectivity index (χ3v) is 13.0. The lowest BCUT2D eigenvalue weighted by Gasteiger charge is -2.62. The van der Waals surface area contributed by atoms with E-state index in [-0.39, 0.29) is 6.10 Å². The molecule has 218 valence electrons. The maximum Gasteiger partial charge on any atom is 0.0577 e. The van der Waals surface area contributed by atoms with E-state index in [0.717, 1.165) is 55.6 Å². The second kappa shape index (κ2) is 11.9. The molecule has 0 aromatic heterocycles. The quantitative estimate of drug-likeness (QED) is 0.342. The summed E-state index contributed by atoms with van der Waals surface area (Å²) in [6, 6.07) is 22.0. The third-order valence-electron chi connectivity index (χ3n) is 13.0. The van der Waals surface area contributed by atoms with Gasteiger partial charge in [-0.05, 0) is 122 Å². The number of rotatable bonds is 9. The van der Waals surface area contributed by atoms with Crippen molar-refractivity contribution in [2.45, 2.75) is 111 Å². The van der Waals surface area contributed by atoms with Gasteiger partial charge in [0.15, 0.2) is 0 Å². The Labute approximate surface area is 245 Å². The van der Waals surface area contributed by atoms with E-state index in [1.54, 1.807) is 0 Å². The highest BCUT2D eigenvalue weighted by molar-refractivity contribution is 5.17. The second-order valence-electron chi connectivity index (χ2n) is 15.1. The minimum atomic E-state index is -0.0515. The minimum Gasteiger partial charge on any atom is -0.393 e. The first-order valence-corrected chi connectivity index (χ1v) is 16.9. The summed E-state index contributed by atoms with van der Waals surface area (Å²) in [4.78, 5) is 2.65. The van der Waals surface area contributed by atoms with Gasteiger partial charge in [0.2, 0.25) is 0 Å². The number of aliphatic hydroxyl groups is 1. The van der Waals surface area contributed by atoms with Crippen LogP contribution in [0.15, 0.2) is 60.7 Å². The molecule has 0 spiro atoms. The van der Waals surface area contributed by atoms with Gasteiger partial charge in [0.25, 0.3) is 0 Å². The normalized spacial score (nSPS) is 37.9. The van der Waals surface area contributed by atoms with Crippen molar-refractivity contribution in [3.63, 3.8) is 0 Å². The smallest absolute Gasteiger partial charge is 0.0577 e. The molecule has 0 heterocycles. The third kappa shape index (κ3) is 5.45. The van der Waals surface area contributed by atoms with Crippen LogP contribution in [0.5, 0.6) is 0 Å². The van der Waals surface area contributed by atoms with E-state index in [0.29, 0.717) is 16.7 Å². The molecule has 0 radical (unpaired) electrons. The predicted molar refractivity (Wildman–Crippen MR) is 167 cm³/mol. The van der Waals surface area contributed by atoms with Gasteiger partial charge in [-0.2, -0.15) is 0 Å². The molecule has 1 N–H and O–H groups in total. The van der Waals surface area contributed by atoms with Crippen molar-refractivity contribution in [2.75, 3.05) is 6.54 Å². The lowest BCUT2D eigenvalue weighted by molar-refractivity contribution is -0.164. The molecule has 40 heavy (non-hydrogen) atoms. The van der Waals surface area contributed by atoms with Gasteiger partial charge in [0, 0.05) is 13.1 Å². The molecular formula is C38H55NO. The highest BCUT2D eigenvalue weighted by atomic mass is 16.3. The zero-order valence-electron chi connectivity index (χ0n) is 25.6. The maximum atomic E-state index is 11.6. The molecule has 4 aliphatic rings. The van der Waals surface area contributed by atoms with Gasteiger partial charge in [-0.3, -0.25) is 4.90 Å². The fourth-order valence-corrected chi connectivity index (χ4v) is 11.0. The van der Waals surface area contributed by atoms with Gasteiger partial charge < -0.3 is 5.11 Å². The van der Waals surface area contributed by atoms with E-state index in [2.05, 4.69) is 86.3 Å². The number of aliphatic hydroxyl groups excluding tert-OH is 1. The molecule has 0 aliphatic heterocycles. The van der Waals surface area contributed by atoms with Gasteiger partial charge in [-0.15, -0.1) is 0 Å². The van der Waals surface area contributed by atoms with E-state index in [9.17, 15) is 5.11 Å². The maximum absolute atomic E-state index is 11.6. The van der Waals surface area contributed by atoms with Crippen molar-refractivity contribution in [3.8, 4) is 0 Å². The molecule has 4 aliphatic carbocycles. The van der Waals surface area contributed by atoms with Crippen LogP contribution in [0.2, 0.25) is 0 Å². The number of hydrogen-bond acceptors (Lipinski definition) is 2. The van der Waals surface area contributed by atoms with Crippen LogP contribution in [-0.2, 0) is 13.1 Å². The fourth-order valence-electron chi connectivity index (χ4n) is 11.0. The number of hydrogen-bond donors (Lipinski definition) is 1. The molecular weight excluding hydrogens is 486 g/mol. The molecule has 0 saturated heterocycles. The second-order valence-corrected chi connectivity index (χ2v) is 15.1. The summed E-state index contributed by atoms with van der Waals surface area (Å²) in [5.74, 6) is 4.41. The number of benzene rings is 2. The standard InChI is InChI=1S/C38H55NO/c1-28(13-12-24-39(26-29-14-6-4-7-15-29)27-30-16-8-5-9-17-30)32-19-20-33-36-34(21-23-38(32,33)3)37(2)22-11-10-18-31(37)25-35(36)40/h4-9,14-17,28,31-36,40H,10-13,18-27H2,1-3H3/t28-,31?,32-,33+,34+,35+,36+,37+,38-/m1/s1. The van der Waals surface area contributed by atoms with Gasteiger partial charge in [-0.25, -0.2) is 0 Å². The van der Waals surface area contributed by atoms with Crippen molar-refractivity contribution in [1.29, 1.82) is 0 Å². The van der Waals surface area contributed by atoms with Crippen molar-refractivity contribution in [2.24, 2.45) is 46.3 Å². The van der Waals surface area contributed by atoms with E-state index in [1.165, 1.54) is 75.3 Å². The Morgan fingerprint density at radius 1 is 0.800 bits per heavy atom. The molecule has 2 aromatic carbocycles. The summed E-state index contributed by atoms with van der Waals surface area (Å²) < 4.78 is 0. The summed E-state index contributed by atoms with van der Waals surface area (Å²) in [7, 11) is 0. The molecule has 1 unspecified atom stereocenters. The molecule has 2 nitrogen and oxygen atoms in total. The largest absolute Gasteiger partial charge is 0.393 e. The monoisotopic (exact) mass is 541 g/mol. The van der Waals surface area contributed by atoms with Crippen molar-refractivity contribution in [3.05, 3.63) is 71.8 Å². The van der Waals surface area contributed by atoms with Crippen LogP contribution in [0.3, 0.4) is 0 Å². The van der Waals surface area contributed by atoms with Gasteiger partial charge in [0.1, 0.15) is 0 Å². The Morgan fingerprint density at radius 3 is 2.12 bits per heavy atom. The Bertz CT molecular complexity index is 1040. The van der Waals surface area contributed by atoms with Crippen molar-refractivity contribution < 1.29 is 5.11 Å². The SMILES string of the molecule is C[C@H](CCCN(Cc1ccccc1)Cc1ccccc1)[C@H]1CC[C@H]2[C@@H]3[C@@H](O)CC4CCCC[C@]4(C)[C@H]3CC[C@]12C. The molecule has 0 bridgehead atoms. The average molecular weight is 542 g/mol. The predicted octanol–water partition coefficient (Wildman–Crippen LogP) is 9.12. The lowest BCUT2D eigenvalue weighted by Crippen LogP contribution is -2.57. The van der Waals surface area contributed by atoms with Crippen LogP contribution in [0, 0.1) is 46.3 Å². The molecule has 2 aromatic rings. The number of fused-ring (bicyclic) bond motifs is 5. The van der Waals surface area contributed by atoms with Gasteiger partial charge in [0.05, 0.1) is 6.10 Å². The molecule has 9 atom stereocenters. The summed E-state index contributed by atoms with van der Waals surface area (Å²) >= 11 is 0. The van der Waals surface area contributed by atoms with Crippen LogP contribution in [-0.4, -0.2) is 22.7 Å². The van der Waals surface area contributed by atoms with E-state index < -0.39 is 0 Å². The van der Waals surface area contributed by atoms with Crippen molar-refractivity contribution in [1.82, 2.24) is 4.90 Å². The van der Waals surface area contributed by atoms with E-state index in [4.69, 9.17) is 0 Å². The molecule has 4 saturated carbocycles. The Hall–Kier alpha value is -1.64. The highest BCUT2D eigenvalue weighted by Gasteiger charge is 2.62. The lowest BCUT2D eigenvalue weighted by atomic mass is 9.44. The van der Waals surface area contributed by atoms with Crippen LogP contribution < -0.4 is 0 Å². The Morgan fingerprint density at radius 2 is 1.45 bits per heavy atom. The fraction of sp³-hybridized carbons (Fsp3) is 0.684. The van der Waals surface area contributed by atoms with Crippen LogP contribution in [0.4, 0.5) is 0 Å². The highest BCUT2D eigenvalue weighted by Crippen LogP contribution is 2.68. The molecule has 2 heteroatoms. The first-order chi connectivity index (χ1) is 19.4. The van der Waals surface area contributed by atoms with E-state index in [1.807, 2.05) is 0 Å². The molecule has 0 amide bonds. The Kier molecular flexibility index (Phi) is 8.49. The van der Waals surface area contributed by atoms with Crippen molar-refractivity contribution >= 4 is 0 Å². The zero-order chi connectivity index (χ0) is 27.7. The molecule has 4 fully saturated rings. The minimum absolute atomic E-state index is 0.0515. The summed E-state index contributed by atoms with van der Waals surface area (Å²) in [5.41, 5.74) is 3.74. The summed E-state index contributed by atoms with van der Waals surface area (Å²) in [6.07, 6.45) is 14.7. The Balaban J connectivity index is 1.09. The first kappa shape index (κ1) is 28.5. The van der Waals surface area contributed by atoms with Crippen LogP contribution >= 0.6 is 0 Å². The number of nitrogens with zero attached hydrogens (tertiary/aromatic N) is 1. The molecule has 6 rings (SSSR count). The summed E-state index contributed by atoms with van der Waals surface area (Å²) in [5, 5.41) is 11.6.